The average Bonchev–Trinajstić information content (AvgIpc) is 2.02. The molecule has 1 aromatic rings. The molecule has 0 aliphatic rings. The van der Waals surface area contributed by atoms with Crippen LogP contribution in [0.2, 0.25) is 0 Å². The SMILES string of the molecule is C=CC[N+](C)(C)c1ccc(O)cc1C. The van der Waals surface area contributed by atoms with Crippen LogP contribution in [0.3, 0.4) is 0 Å². The van der Waals surface area contributed by atoms with Crippen molar-refractivity contribution in [1.29, 1.82) is 0 Å². The molecule has 0 atom stereocenters. The van der Waals surface area contributed by atoms with Crippen molar-refractivity contribution in [3.63, 3.8) is 0 Å². The molecule has 0 unspecified atom stereocenters. The zero-order valence-electron chi connectivity index (χ0n) is 9.12. The molecule has 0 radical (unpaired) electrons. The number of aryl methyl sites for hydroxylation is 1. The highest BCUT2D eigenvalue weighted by Gasteiger charge is 2.19. The minimum Gasteiger partial charge on any atom is -0.508 e. The Morgan fingerprint density at radius 1 is 1.43 bits per heavy atom. The number of nitrogens with zero attached hydrogens (tertiary/aromatic N) is 1. The van der Waals surface area contributed by atoms with Gasteiger partial charge in [-0.1, -0.05) is 6.58 Å². The minimum atomic E-state index is 0.324. The predicted octanol–water partition coefficient (Wildman–Crippen LogP) is 2.45. The third kappa shape index (κ3) is 2.15. The van der Waals surface area contributed by atoms with Crippen molar-refractivity contribution in [2.75, 3.05) is 20.6 Å². The molecule has 0 heterocycles. The van der Waals surface area contributed by atoms with Gasteiger partial charge in [-0.3, -0.25) is 4.48 Å². The summed E-state index contributed by atoms with van der Waals surface area (Å²) >= 11 is 0. The lowest BCUT2D eigenvalue weighted by molar-refractivity contribution is 0.437. The van der Waals surface area contributed by atoms with E-state index >= 15 is 0 Å². The number of benzene rings is 1. The van der Waals surface area contributed by atoms with Gasteiger partial charge >= 0.3 is 0 Å². The van der Waals surface area contributed by atoms with E-state index < -0.39 is 0 Å². The van der Waals surface area contributed by atoms with Gasteiger partial charge in [-0.2, -0.15) is 0 Å². The van der Waals surface area contributed by atoms with Gasteiger partial charge in [0.2, 0.25) is 0 Å². The lowest BCUT2D eigenvalue weighted by atomic mass is 10.1. The molecule has 14 heavy (non-hydrogen) atoms. The molecule has 0 amide bonds. The van der Waals surface area contributed by atoms with Gasteiger partial charge in [0.05, 0.1) is 14.1 Å². The summed E-state index contributed by atoms with van der Waals surface area (Å²) in [5, 5.41) is 9.31. The van der Waals surface area contributed by atoms with Crippen LogP contribution in [-0.4, -0.2) is 25.7 Å². The van der Waals surface area contributed by atoms with Crippen molar-refractivity contribution in [2.45, 2.75) is 6.92 Å². The zero-order valence-corrected chi connectivity index (χ0v) is 9.12. The third-order valence-electron chi connectivity index (χ3n) is 2.42. The monoisotopic (exact) mass is 192 g/mol. The molecule has 76 valence electrons. The number of phenols is 1. The minimum absolute atomic E-state index is 0.324. The summed E-state index contributed by atoms with van der Waals surface area (Å²) in [4.78, 5) is 0. The van der Waals surface area contributed by atoms with E-state index in [0.29, 0.717) is 5.75 Å². The lowest BCUT2D eigenvalue weighted by Crippen LogP contribution is -2.40. The number of hydrogen-bond donors (Lipinski definition) is 1. The predicted molar refractivity (Wildman–Crippen MR) is 61.5 cm³/mol. The van der Waals surface area contributed by atoms with E-state index in [2.05, 4.69) is 20.7 Å². The Kier molecular flexibility index (Phi) is 2.96. The number of quaternary nitrogens is 1. The molecule has 1 rings (SSSR count). The van der Waals surface area contributed by atoms with Crippen molar-refractivity contribution >= 4 is 5.69 Å². The van der Waals surface area contributed by atoms with E-state index in [1.165, 1.54) is 5.69 Å². The van der Waals surface area contributed by atoms with Crippen LogP contribution >= 0.6 is 0 Å². The Morgan fingerprint density at radius 3 is 2.57 bits per heavy atom. The van der Waals surface area contributed by atoms with Gasteiger partial charge in [0, 0.05) is 11.6 Å². The first-order valence-electron chi connectivity index (χ1n) is 4.71. The molecular formula is C12H18NO+. The largest absolute Gasteiger partial charge is 0.508 e. The van der Waals surface area contributed by atoms with Crippen molar-refractivity contribution in [1.82, 2.24) is 4.48 Å². The van der Waals surface area contributed by atoms with Gasteiger partial charge in [-0.25, -0.2) is 0 Å². The highest BCUT2D eigenvalue weighted by atomic mass is 16.3. The van der Waals surface area contributed by atoms with Gasteiger partial charge in [0.15, 0.2) is 0 Å². The first-order valence-corrected chi connectivity index (χ1v) is 4.71. The summed E-state index contributed by atoms with van der Waals surface area (Å²) in [5.74, 6) is 0.324. The molecule has 2 heteroatoms. The molecule has 0 aromatic heterocycles. The number of likely N-dealkylation sites (N-methyl/N-ethyl adjacent to an activating group) is 1. The molecule has 1 aromatic carbocycles. The molecular weight excluding hydrogens is 174 g/mol. The maximum atomic E-state index is 9.31. The first-order chi connectivity index (χ1) is 6.47. The van der Waals surface area contributed by atoms with E-state index in [0.717, 1.165) is 16.6 Å². The number of rotatable bonds is 3. The number of hydrogen-bond acceptors (Lipinski definition) is 1. The van der Waals surface area contributed by atoms with Crippen LogP contribution in [0.15, 0.2) is 30.9 Å². The summed E-state index contributed by atoms with van der Waals surface area (Å²) in [6.07, 6.45) is 1.91. The van der Waals surface area contributed by atoms with Crippen LogP contribution in [0.25, 0.3) is 0 Å². The molecule has 0 aliphatic heterocycles. The highest BCUT2D eigenvalue weighted by molar-refractivity contribution is 5.52. The molecule has 1 N–H and O–H groups in total. The maximum Gasteiger partial charge on any atom is 0.135 e. The van der Waals surface area contributed by atoms with Gasteiger partial charge in [0.25, 0.3) is 0 Å². The van der Waals surface area contributed by atoms with E-state index in [9.17, 15) is 5.11 Å². The Morgan fingerprint density at radius 2 is 2.07 bits per heavy atom. The molecule has 0 spiro atoms. The van der Waals surface area contributed by atoms with Crippen molar-refractivity contribution < 1.29 is 5.11 Å². The lowest BCUT2D eigenvalue weighted by Gasteiger charge is -2.29. The van der Waals surface area contributed by atoms with Crippen LogP contribution in [0, 0.1) is 6.92 Å². The van der Waals surface area contributed by atoms with E-state index in [1.807, 2.05) is 19.1 Å². The Bertz CT molecular complexity index is 342. The fourth-order valence-electron chi connectivity index (χ4n) is 1.74. The average molecular weight is 192 g/mol. The highest BCUT2D eigenvalue weighted by Crippen LogP contribution is 2.26. The molecule has 0 saturated heterocycles. The topological polar surface area (TPSA) is 20.2 Å². The summed E-state index contributed by atoms with van der Waals surface area (Å²) < 4.78 is 0.760. The molecule has 0 bridgehead atoms. The Balaban J connectivity index is 3.12. The summed E-state index contributed by atoms with van der Waals surface area (Å²) in [6.45, 7) is 6.65. The van der Waals surface area contributed by atoms with Crippen molar-refractivity contribution in [2.24, 2.45) is 0 Å². The molecule has 0 aliphatic carbocycles. The summed E-state index contributed by atoms with van der Waals surface area (Å²) in [5.41, 5.74) is 2.32. The van der Waals surface area contributed by atoms with Crippen molar-refractivity contribution in [3.8, 4) is 5.75 Å². The fourth-order valence-corrected chi connectivity index (χ4v) is 1.74. The van der Waals surface area contributed by atoms with Crippen LogP contribution in [-0.2, 0) is 0 Å². The molecule has 0 saturated carbocycles. The van der Waals surface area contributed by atoms with Crippen LogP contribution < -0.4 is 4.48 Å². The van der Waals surface area contributed by atoms with E-state index in [4.69, 9.17) is 0 Å². The van der Waals surface area contributed by atoms with Gasteiger partial charge < -0.3 is 5.11 Å². The maximum absolute atomic E-state index is 9.31. The molecule has 2 nitrogen and oxygen atoms in total. The second kappa shape index (κ2) is 3.84. The van der Waals surface area contributed by atoms with Crippen LogP contribution in [0.4, 0.5) is 5.69 Å². The van der Waals surface area contributed by atoms with Crippen molar-refractivity contribution in [3.05, 3.63) is 36.4 Å². The second-order valence-corrected chi connectivity index (χ2v) is 4.13. The summed E-state index contributed by atoms with van der Waals surface area (Å²) in [7, 11) is 4.25. The standard InChI is InChI=1S/C12H17NO/c1-5-8-13(3,4)12-7-6-11(14)9-10(12)2/h5-7,9H,1,8H2,2-4H3/p+1. The van der Waals surface area contributed by atoms with Gasteiger partial charge in [0.1, 0.15) is 18.0 Å². The Hall–Kier alpha value is -1.28. The first kappa shape index (κ1) is 10.8. The quantitative estimate of drug-likeness (QED) is 0.576. The smallest absolute Gasteiger partial charge is 0.135 e. The summed E-state index contributed by atoms with van der Waals surface area (Å²) in [6, 6.07) is 5.48. The number of phenolic OH excluding ortho intramolecular Hbond substituents is 1. The van der Waals surface area contributed by atoms with Gasteiger partial charge in [-0.05, 0) is 25.1 Å². The van der Waals surface area contributed by atoms with E-state index in [1.54, 1.807) is 12.1 Å². The number of aromatic hydroxyl groups is 1. The van der Waals surface area contributed by atoms with Crippen LogP contribution in [0.5, 0.6) is 5.75 Å². The fraction of sp³-hybridized carbons (Fsp3) is 0.333. The zero-order chi connectivity index (χ0) is 10.8. The van der Waals surface area contributed by atoms with Gasteiger partial charge in [-0.15, -0.1) is 0 Å². The third-order valence-corrected chi connectivity index (χ3v) is 2.42. The normalized spacial score (nSPS) is 11.4. The van der Waals surface area contributed by atoms with Crippen LogP contribution in [0.1, 0.15) is 5.56 Å². The van der Waals surface area contributed by atoms with E-state index in [-0.39, 0.29) is 0 Å². The molecule has 0 fully saturated rings. The Labute approximate surface area is 85.7 Å². The second-order valence-electron chi connectivity index (χ2n) is 4.13.